The molecular formula is C21H23N3O4. The van der Waals surface area contributed by atoms with E-state index in [1.807, 2.05) is 38.1 Å². The first kappa shape index (κ1) is 20.8. The van der Waals surface area contributed by atoms with Crippen LogP contribution in [-0.4, -0.2) is 34.7 Å². The van der Waals surface area contributed by atoms with Gasteiger partial charge in [-0.2, -0.15) is 0 Å². The lowest BCUT2D eigenvalue weighted by Crippen LogP contribution is -2.37. The molecule has 2 rings (SSSR count). The number of carbonyl (C=O) groups is 2. The van der Waals surface area contributed by atoms with Gasteiger partial charge in [-0.25, -0.2) is 0 Å². The Bertz CT molecular complexity index is 875. The third-order valence-corrected chi connectivity index (χ3v) is 4.08. The van der Waals surface area contributed by atoms with E-state index in [1.54, 1.807) is 18.2 Å². The van der Waals surface area contributed by atoms with E-state index in [2.05, 4.69) is 5.32 Å². The van der Waals surface area contributed by atoms with Crippen molar-refractivity contribution in [2.24, 2.45) is 0 Å². The van der Waals surface area contributed by atoms with Gasteiger partial charge in [0.1, 0.15) is 6.54 Å². The lowest BCUT2D eigenvalue weighted by atomic mass is 10.2. The Morgan fingerprint density at radius 1 is 1.14 bits per heavy atom. The maximum absolute atomic E-state index is 12.5. The summed E-state index contributed by atoms with van der Waals surface area (Å²) in [6, 6.07) is 13.3. The smallest absolute Gasteiger partial charge is 0.269 e. The Morgan fingerprint density at radius 2 is 1.82 bits per heavy atom. The maximum Gasteiger partial charge on any atom is 0.269 e. The van der Waals surface area contributed by atoms with Gasteiger partial charge in [0.15, 0.2) is 0 Å². The van der Waals surface area contributed by atoms with Crippen LogP contribution in [0.1, 0.15) is 24.5 Å². The molecule has 7 nitrogen and oxygen atoms in total. The van der Waals surface area contributed by atoms with Gasteiger partial charge in [0.2, 0.25) is 11.8 Å². The molecule has 0 spiro atoms. The molecule has 0 aromatic heterocycles. The number of nitrogens with zero attached hydrogens (tertiary/aromatic N) is 2. The van der Waals surface area contributed by atoms with Crippen molar-refractivity contribution in [1.29, 1.82) is 0 Å². The van der Waals surface area contributed by atoms with Crippen molar-refractivity contribution in [2.45, 2.75) is 20.3 Å². The molecule has 0 unspecified atom stereocenters. The first-order chi connectivity index (χ1) is 13.4. The summed E-state index contributed by atoms with van der Waals surface area (Å²) in [5.41, 5.74) is 2.32. The third-order valence-electron chi connectivity index (χ3n) is 4.08. The van der Waals surface area contributed by atoms with Crippen LogP contribution >= 0.6 is 0 Å². The number of hydrogen-bond donors (Lipinski definition) is 1. The topological polar surface area (TPSA) is 92.6 Å². The van der Waals surface area contributed by atoms with Crippen molar-refractivity contribution in [2.75, 3.05) is 18.4 Å². The molecule has 0 aliphatic heterocycles. The number of rotatable bonds is 8. The van der Waals surface area contributed by atoms with Gasteiger partial charge in [-0.1, -0.05) is 25.1 Å². The van der Waals surface area contributed by atoms with E-state index in [0.717, 1.165) is 17.7 Å². The molecular weight excluding hydrogens is 358 g/mol. The van der Waals surface area contributed by atoms with Crippen LogP contribution in [0, 0.1) is 17.0 Å². The van der Waals surface area contributed by atoms with Crippen molar-refractivity contribution in [3.05, 3.63) is 75.8 Å². The Labute approximate surface area is 163 Å². The number of nitrogens with one attached hydrogen (secondary N) is 1. The van der Waals surface area contributed by atoms with Gasteiger partial charge in [-0.3, -0.25) is 19.7 Å². The minimum Gasteiger partial charge on any atom is -0.330 e. The van der Waals surface area contributed by atoms with Gasteiger partial charge in [0.05, 0.1) is 4.92 Å². The molecule has 0 aliphatic carbocycles. The lowest BCUT2D eigenvalue weighted by molar-refractivity contribution is -0.384. The SMILES string of the molecule is CCCN(CC(=O)Nc1ccccc1C)C(=O)/C=C/c1ccc([N+](=O)[O-])cc1. The zero-order chi connectivity index (χ0) is 20.5. The van der Waals surface area contributed by atoms with E-state index < -0.39 is 4.92 Å². The van der Waals surface area contributed by atoms with E-state index in [-0.39, 0.29) is 24.0 Å². The number of nitro groups is 1. The highest BCUT2D eigenvalue weighted by Crippen LogP contribution is 2.14. The molecule has 0 atom stereocenters. The number of non-ortho nitro benzene ring substituents is 1. The number of anilines is 1. The Balaban J connectivity index is 2.01. The molecule has 2 amide bonds. The number of para-hydroxylation sites is 1. The number of amides is 2. The summed E-state index contributed by atoms with van der Waals surface area (Å²) in [6.45, 7) is 4.23. The second kappa shape index (κ2) is 10.0. The molecule has 7 heteroatoms. The predicted molar refractivity (Wildman–Crippen MR) is 109 cm³/mol. The van der Waals surface area contributed by atoms with E-state index in [4.69, 9.17) is 0 Å². The van der Waals surface area contributed by atoms with Crippen LogP contribution < -0.4 is 5.32 Å². The minimum absolute atomic E-state index is 0.0102. The minimum atomic E-state index is -0.477. The molecule has 28 heavy (non-hydrogen) atoms. The number of benzene rings is 2. The molecule has 0 heterocycles. The van der Waals surface area contributed by atoms with Crippen LogP contribution in [0.4, 0.5) is 11.4 Å². The number of hydrogen-bond acceptors (Lipinski definition) is 4. The first-order valence-electron chi connectivity index (χ1n) is 8.97. The summed E-state index contributed by atoms with van der Waals surface area (Å²) in [5.74, 6) is -0.556. The summed E-state index contributed by atoms with van der Waals surface area (Å²) in [7, 11) is 0. The molecule has 0 radical (unpaired) electrons. The first-order valence-corrected chi connectivity index (χ1v) is 8.97. The standard InChI is InChI=1S/C21H23N3O4/c1-3-14-23(15-20(25)22-19-7-5-4-6-16(19)2)21(26)13-10-17-8-11-18(12-9-17)24(27)28/h4-13H,3,14-15H2,1-2H3,(H,22,25)/b13-10+. The second-order valence-corrected chi connectivity index (χ2v) is 6.30. The zero-order valence-electron chi connectivity index (χ0n) is 15.9. The summed E-state index contributed by atoms with van der Waals surface area (Å²) in [4.78, 5) is 36.5. The van der Waals surface area contributed by atoms with Crippen LogP contribution in [0.5, 0.6) is 0 Å². The maximum atomic E-state index is 12.5. The average molecular weight is 381 g/mol. The molecule has 0 bridgehead atoms. The van der Waals surface area contributed by atoms with Crippen molar-refractivity contribution >= 4 is 29.3 Å². The highest BCUT2D eigenvalue weighted by atomic mass is 16.6. The van der Waals surface area contributed by atoms with Crippen LogP contribution in [0.15, 0.2) is 54.6 Å². The Morgan fingerprint density at radius 3 is 2.43 bits per heavy atom. The largest absolute Gasteiger partial charge is 0.330 e. The van der Waals surface area contributed by atoms with Gasteiger partial charge in [0.25, 0.3) is 5.69 Å². The summed E-state index contributed by atoms with van der Waals surface area (Å²) >= 11 is 0. The fourth-order valence-electron chi connectivity index (χ4n) is 2.59. The molecule has 0 saturated heterocycles. The average Bonchev–Trinajstić information content (AvgIpc) is 2.68. The van der Waals surface area contributed by atoms with Crippen LogP contribution in [0.3, 0.4) is 0 Å². The normalized spacial score (nSPS) is 10.6. The number of carbonyl (C=O) groups excluding carboxylic acids is 2. The van der Waals surface area contributed by atoms with E-state index in [9.17, 15) is 19.7 Å². The van der Waals surface area contributed by atoms with Crippen LogP contribution in [0.2, 0.25) is 0 Å². The van der Waals surface area contributed by atoms with E-state index >= 15 is 0 Å². The molecule has 0 aliphatic rings. The summed E-state index contributed by atoms with van der Waals surface area (Å²) in [5, 5.41) is 13.5. The molecule has 146 valence electrons. The fourth-order valence-corrected chi connectivity index (χ4v) is 2.59. The van der Waals surface area contributed by atoms with Crippen molar-refractivity contribution in [3.8, 4) is 0 Å². The highest BCUT2D eigenvalue weighted by Gasteiger charge is 2.15. The molecule has 2 aromatic rings. The van der Waals surface area contributed by atoms with Crippen molar-refractivity contribution in [3.63, 3.8) is 0 Å². The van der Waals surface area contributed by atoms with E-state index in [1.165, 1.54) is 23.1 Å². The monoisotopic (exact) mass is 381 g/mol. The molecule has 1 N–H and O–H groups in total. The molecule has 0 fully saturated rings. The van der Waals surface area contributed by atoms with Crippen LogP contribution in [0.25, 0.3) is 6.08 Å². The van der Waals surface area contributed by atoms with Gasteiger partial charge in [-0.15, -0.1) is 0 Å². The van der Waals surface area contributed by atoms with Crippen molar-refractivity contribution in [1.82, 2.24) is 4.90 Å². The molecule has 0 saturated carbocycles. The Kier molecular flexibility index (Phi) is 7.45. The zero-order valence-corrected chi connectivity index (χ0v) is 15.9. The van der Waals surface area contributed by atoms with Gasteiger partial charge in [0, 0.05) is 30.4 Å². The van der Waals surface area contributed by atoms with E-state index in [0.29, 0.717) is 12.1 Å². The van der Waals surface area contributed by atoms with Gasteiger partial charge < -0.3 is 10.2 Å². The third kappa shape index (κ3) is 6.05. The summed E-state index contributed by atoms with van der Waals surface area (Å²) < 4.78 is 0. The second-order valence-electron chi connectivity index (χ2n) is 6.30. The number of aryl methyl sites for hydroxylation is 1. The Hall–Kier alpha value is -3.48. The van der Waals surface area contributed by atoms with Gasteiger partial charge >= 0.3 is 0 Å². The highest BCUT2D eigenvalue weighted by molar-refractivity contribution is 5.98. The fraction of sp³-hybridized carbons (Fsp3) is 0.238. The quantitative estimate of drug-likeness (QED) is 0.428. The van der Waals surface area contributed by atoms with Crippen molar-refractivity contribution < 1.29 is 14.5 Å². The predicted octanol–water partition coefficient (Wildman–Crippen LogP) is 3.79. The van der Waals surface area contributed by atoms with Gasteiger partial charge in [-0.05, 0) is 48.7 Å². The van der Waals surface area contributed by atoms with Crippen LogP contribution in [-0.2, 0) is 9.59 Å². The lowest BCUT2D eigenvalue weighted by Gasteiger charge is -2.20. The summed E-state index contributed by atoms with van der Waals surface area (Å²) in [6.07, 6.45) is 3.67. The number of nitro benzene ring substituents is 1. The molecule has 2 aromatic carbocycles.